The normalized spacial score (nSPS) is 22.2. The molecule has 6 heteroatoms. The summed E-state index contributed by atoms with van der Waals surface area (Å²) in [6.07, 6.45) is 2.68. The fraction of sp³-hybridized carbons (Fsp3) is 0.458. The highest BCUT2D eigenvalue weighted by atomic mass is 16.5. The van der Waals surface area contributed by atoms with Crippen molar-refractivity contribution in [3.8, 4) is 17.2 Å². The monoisotopic (exact) mass is 407 g/mol. The summed E-state index contributed by atoms with van der Waals surface area (Å²) in [6.45, 7) is 4.64. The van der Waals surface area contributed by atoms with Gasteiger partial charge in [0.2, 0.25) is 5.72 Å². The van der Waals surface area contributed by atoms with Gasteiger partial charge in [-0.25, -0.2) is 5.01 Å². The maximum absolute atomic E-state index is 6.73. The third kappa shape index (κ3) is 3.10. The molecule has 3 aliphatic heterocycles. The summed E-state index contributed by atoms with van der Waals surface area (Å²) in [6, 6.07) is 14.6. The molecule has 3 heterocycles. The maximum Gasteiger partial charge on any atom is 0.200 e. The SMILES string of the molecule is CCOc1ccc(C2=NN3[C@H](C2)c2cccc(OC)c2OC32CCN(C)CC2)cc1. The van der Waals surface area contributed by atoms with Crippen LogP contribution in [-0.4, -0.2) is 55.2 Å². The molecule has 0 aromatic heterocycles. The first-order valence-corrected chi connectivity index (χ1v) is 10.8. The predicted octanol–water partition coefficient (Wildman–Crippen LogP) is 4.06. The lowest BCUT2D eigenvalue weighted by molar-refractivity contribution is -0.148. The second-order valence-electron chi connectivity index (χ2n) is 8.30. The molecule has 30 heavy (non-hydrogen) atoms. The molecule has 1 fully saturated rings. The number of piperidine rings is 1. The van der Waals surface area contributed by atoms with Crippen molar-refractivity contribution in [2.24, 2.45) is 5.10 Å². The highest BCUT2D eigenvalue weighted by Gasteiger charge is 2.52. The number of hydrazone groups is 1. The first-order valence-electron chi connectivity index (χ1n) is 10.8. The highest BCUT2D eigenvalue weighted by molar-refractivity contribution is 6.02. The highest BCUT2D eigenvalue weighted by Crippen LogP contribution is 2.52. The first kappa shape index (κ1) is 19.2. The van der Waals surface area contributed by atoms with Crippen molar-refractivity contribution in [3.05, 3.63) is 53.6 Å². The van der Waals surface area contributed by atoms with E-state index in [0.717, 1.165) is 66.4 Å². The van der Waals surface area contributed by atoms with Crippen molar-refractivity contribution in [3.63, 3.8) is 0 Å². The molecular formula is C24H29N3O3. The van der Waals surface area contributed by atoms with Gasteiger partial charge in [0.05, 0.1) is 25.5 Å². The van der Waals surface area contributed by atoms with Crippen LogP contribution in [0.5, 0.6) is 17.2 Å². The molecule has 1 saturated heterocycles. The molecule has 2 aromatic rings. The van der Waals surface area contributed by atoms with Gasteiger partial charge in [0, 0.05) is 37.9 Å². The molecule has 5 rings (SSSR count). The molecule has 0 N–H and O–H groups in total. The van der Waals surface area contributed by atoms with Gasteiger partial charge in [-0.2, -0.15) is 5.10 Å². The predicted molar refractivity (Wildman–Crippen MR) is 116 cm³/mol. The third-order valence-corrected chi connectivity index (χ3v) is 6.48. The minimum absolute atomic E-state index is 0.161. The van der Waals surface area contributed by atoms with E-state index in [0.29, 0.717) is 6.61 Å². The molecule has 1 spiro atoms. The van der Waals surface area contributed by atoms with E-state index in [1.807, 2.05) is 31.2 Å². The van der Waals surface area contributed by atoms with Gasteiger partial charge in [0.25, 0.3) is 0 Å². The van der Waals surface area contributed by atoms with E-state index in [9.17, 15) is 0 Å². The van der Waals surface area contributed by atoms with Crippen LogP contribution in [0.15, 0.2) is 47.6 Å². The Morgan fingerprint density at radius 3 is 2.60 bits per heavy atom. The number of methoxy groups -OCH3 is 1. The van der Waals surface area contributed by atoms with Crippen molar-refractivity contribution in [1.82, 2.24) is 9.91 Å². The largest absolute Gasteiger partial charge is 0.494 e. The van der Waals surface area contributed by atoms with Crippen LogP contribution in [-0.2, 0) is 0 Å². The van der Waals surface area contributed by atoms with Crippen LogP contribution < -0.4 is 14.2 Å². The van der Waals surface area contributed by atoms with E-state index in [4.69, 9.17) is 19.3 Å². The number of para-hydroxylation sites is 1. The molecule has 0 aliphatic carbocycles. The van der Waals surface area contributed by atoms with E-state index in [1.165, 1.54) is 0 Å². The second kappa shape index (κ2) is 7.51. The number of hydrogen-bond acceptors (Lipinski definition) is 6. The average Bonchev–Trinajstić information content (AvgIpc) is 3.23. The zero-order chi connectivity index (χ0) is 20.7. The van der Waals surface area contributed by atoms with Gasteiger partial charge in [0.1, 0.15) is 5.75 Å². The van der Waals surface area contributed by atoms with E-state index in [2.05, 4.69) is 35.2 Å². The van der Waals surface area contributed by atoms with Gasteiger partial charge in [-0.1, -0.05) is 12.1 Å². The lowest BCUT2D eigenvalue weighted by Gasteiger charge is -2.50. The molecule has 0 saturated carbocycles. The topological polar surface area (TPSA) is 46.5 Å². The number of nitrogens with zero attached hydrogens (tertiary/aromatic N) is 3. The van der Waals surface area contributed by atoms with Gasteiger partial charge in [-0.3, -0.25) is 0 Å². The summed E-state index contributed by atoms with van der Waals surface area (Å²) < 4.78 is 18.0. The fourth-order valence-corrected chi connectivity index (χ4v) is 4.81. The maximum atomic E-state index is 6.73. The van der Waals surface area contributed by atoms with Gasteiger partial charge < -0.3 is 19.1 Å². The average molecular weight is 408 g/mol. The molecule has 1 atom stereocenters. The first-order chi connectivity index (χ1) is 14.6. The quantitative estimate of drug-likeness (QED) is 0.765. The smallest absolute Gasteiger partial charge is 0.200 e. The van der Waals surface area contributed by atoms with Gasteiger partial charge >= 0.3 is 0 Å². The van der Waals surface area contributed by atoms with Crippen molar-refractivity contribution in [1.29, 1.82) is 0 Å². The Bertz CT molecular complexity index is 949. The minimum Gasteiger partial charge on any atom is -0.494 e. The zero-order valence-electron chi connectivity index (χ0n) is 17.9. The second-order valence-corrected chi connectivity index (χ2v) is 8.30. The Morgan fingerprint density at radius 2 is 1.90 bits per heavy atom. The fourth-order valence-electron chi connectivity index (χ4n) is 4.81. The molecule has 0 radical (unpaired) electrons. The van der Waals surface area contributed by atoms with Crippen molar-refractivity contribution < 1.29 is 14.2 Å². The van der Waals surface area contributed by atoms with Crippen LogP contribution in [0.3, 0.4) is 0 Å². The summed E-state index contributed by atoms with van der Waals surface area (Å²) in [5, 5.41) is 7.38. The van der Waals surface area contributed by atoms with Gasteiger partial charge in [-0.15, -0.1) is 0 Å². The number of fused-ring (bicyclic) bond motifs is 4. The van der Waals surface area contributed by atoms with Crippen LogP contribution in [0.25, 0.3) is 0 Å². The van der Waals surface area contributed by atoms with Gasteiger partial charge in [0.15, 0.2) is 11.5 Å². The third-order valence-electron chi connectivity index (χ3n) is 6.48. The molecule has 0 unspecified atom stereocenters. The van der Waals surface area contributed by atoms with Crippen LogP contribution in [0.2, 0.25) is 0 Å². The summed E-state index contributed by atoms with van der Waals surface area (Å²) in [5.41, 5.74) is 2.97. The van der Waals surface area contributed by atoms with E-state index in [-0.39, 0.29) is 6.04 Å². The van der Waals surface area contributed by atoms with E-state index >= 15 is 0 Å². The van der Waals surface area contributed by atoms with Crippen LogP contribution in [0.1, 0.15) is 43.4 Å². The number of rotatable bonds is 4. The molecule has 6 nitrogen and oxygen atoms in total. The summed E-state index contributed by atoms with van der Waals surface area (Å²) in [5.74, 6) is 2.58. The van der Waals surface area contributed by atoms with Crippen molar-refractivity contribution >= 4 is 5.71 Å². The van der Waals surface area contributed by atoms with Crippen molar-refractivity contribution in [2.75, 3.05) is 33.9 Å². The lowest BCUT2D eigenvalue weighted by Crippen LogP contribution is -2.58. The lowest BCUT2D eigenvalue weighted by atomic mass is 9.90. The standard InChI is InChI=1S/C24H29N3O3/c1-4-29-18-10-8-17(9-11-18)20-16-21-19-6-5-7-22(28-3)23(19)30-24(27(21)25-20)12-14-26(2)15-13-24/h5-11,21H,4,12-16H2,1-3H3/t21-/m1/s1. The molecule has 3 aliphatic rings. The summed E-state index contributed by atoms with van der Waals surface area (Å²) in [4.78, 5) is 2.36. The Balaban J connectivity index is 1.54. The molecular weight excluding hydrogens is 378 g/mol. The van der Waals surface area contributed by atoms with E-state index < -0.39 is 5.72 Å². The number of benzene rings is 2. The Morgan fingerprint density at radius 1 is 1.13 bits per heavy atom. The zero-order valence-corrected chi connectivity index (χ0v) is 17.9. The van der Waals surface area contributed by atoms with Crippen molar-refractivity contribution in [2.45, 2.75) is 38.0 Å². The molecule has 0 amide bonds. The molecule has 0 bridgehead atoms. The summed E-state index contributed by atoms with van der Waals surface area (Å²) in [7, 11) is 3.88. The Kier molecular flexibility index (Phi) is 4.82. The number of hydrogen-bond donors (Lipinski definition) is 0. The number of likely N-dealkylation sites (tertiary alicyclic amines) is 1. The Hall–Kier alpha value is -2.73. The molecule has 158 valence electrons. The summed E-state index contributed by atoms with van der Waals surface area (Å²) >= 11 is 0. The van der Waals surface area contributed by atoms with Crippen LogP contribution in [0, 0.1) is 0 Å². The molecule has 2 aromatic carbocycles. The number of ether oxygens (including phenoxy) is 3. The van der Waals surface area contributed by atoms with E-state index in [1.54, 1.807) is 7.11 Å². The van der Waals surface area contributed by atoms with Gasteiger partial charge in [-0.05, 0) is 49.9 Å². The minimum atomic E-state index is -0.425. The Labute approximate surface area is 178 Å². The van der Waals surface area contributed by atoms with Crippen LogP contribution in [0.4, 0.5) is 0 Å². The van der Waals surface area contributed by atoms with Crippen LogP contribution >= 0.6 is 0 Å².